The van der Waals surface area contributed by atoms with Gasteiger partial charge in [-0.1, -0.05) is 30.3 Å². The van der Waals surface area contributed by atoms with Crippen molar-refractivity contribution < 1.29 is 4.74 Å². The number of hydrogen-bond donors (Lipinski definition) is 0. The summed E-state index contributed by atoms with van der Waals surface area (Å²) in [5.74, 6) is 0. The summed E-state index contributed by atoms with van der Waals surface area (Å²) in [6.45, 7) is 1.25. The summed E-state index contributed by atoms with van der Waals surface area (Å²) in [5, 5.41) is 2.00. The molecule has 3 heteroatoms. The number of ether oxygens (including phenoxy) is 1. The van der Waals surface area contributed by atoms with Gasteiger partial charge in [0, 0.05) is 5.38 Å². The average molecular weight is 205 g/mol. The van der Waals surface area contributed by atoms with Crippen molar-refractivity contribution >= 4 is 11.3 Å². The zero-order chi connectivity index (χ0) is 9.64. The molecule has 14 heavy (non-hydrogen) atoms. The summed E-state index contributed by atoms with van der Waals surface area (Å²) in [7, 11) is 0. The molecule has 1 heterocycles. The van der Waals surface area contributed by atoms with Crippen molar-refractivity contribution in [1.29, 1.82) is 0 Å². The van der Waals surface area contributed by atoms with Gasteiger partial charge >= 0.3 is 0 Å². The molecule has 1 aromatic heterocycles. The van der Waals surface area contributed by atoms with Gasteiger partial charge in [-0.15, -0.1) is 11.3 Å². The van der Waals surface area contributed by atoms with Crippen LogP contribution in [-0.4, -0.2) is 4.98 Å². The van der Waals surface area contributed by atoms with Gasteiger partial charge in [-0.2, -0.15) is 0 Å². The van der Waals surface area contributed by atoms with Gasteiger partial charge in [0.2, 0.25) is 0 Å². The van der Waals surface area contributed by atoms with E-state index in [0.29, 0.717) is 13.2 Å². The topological polar surface area (TPSA) is 22.1 Å². The Morgan fingerprint density at radius 1 is 1.14 bits per heavy atom. The van der Waals surface area contributed by atoms with Gasteiger partial charge in [-0.3, -0.25) is 0 Å². The van der Waals surface area contributed by atoms with Gasteiger partial charge in [-0.05, 0) is 5.56 Å². The highest BCUT2D eigenvalue weighted by Crippen LogP contribution is 2.05. The van der Waals surface area contributed by atoms with Crippen LogP contribution < -0.4 is 0 Å². The monoisotopic (exact) mass is 205 g/mol. The van der Waals surface area contributed by atoms with Gasteiger partial charge in [0.15, 0.2) is 0 Å². The van der Waals surface area contributed by atoms with Crippen molar-refractivity contribution in [3.8, 4) is 0 Å². The summed E-state index contributed by atoms with van der Waals surface area (Å²) in [6.07, 6.45) is 0. The lowest BCUT2D eigenvalue weighted by Crippen LogP contribution is -1.93. The van der Waals surface area contributed by atoms with E-state index in [9.17, 15) is 0 Å². The minimum atomic E-state index is 0.596. The Morgan fingerprint density at radius 2 is 2.00 bits per heavy atom. The zero-order valence-electron chi connectivity index (χ0n) is 7.72. The smallest absolute Gasteiger partial charge is 0.0900 e. The Balaban J connectivity index is 1.79. The van der Waals surface area contributed by atoms with E-state index in [0.717, 1.165) is 5.69 Å². The van der Waals surface area contributed by atoms with E-state index >= 15 is 0 Å². The molecule has 0 spiro atoms. The molecule has 1 aromatic carbocycles. The Kier molecular flexibility index (Phi) is 3.27. The van der Waals surface area contributed by atoms with Crippen LogP contribution in [0.1, 0.15) is 11.3 Å². The molecule has 0 atom stereocenters. The predicted octanol–water partition coefficient (Wildman–Crippen LogP) is 2.86. The van der Waals surface area contributed by atoms with Crippen molar-refractivity contribution in [1.82, 2.24) is 4.98 Å². The first kappa shape index (κ1) is 9.37. The summed E-state index contributed by atoms with van der Waals surface area (Å²) in [6, 6.07) is 10.1. The van der Waals surface area contributed by atoms with Crippen molar-refractivity contribution in [2.24, 2.45) is 0 Å². The van der Waals surface area contributed by atoms with Gasteiger partial charge in [0.25, 0.3) is 0 Å². The first-order valence-corrected chi connectivity index (χ1v) is 5.38. The highest BCUT2D eigenvalue weighted by molar-refractivity contribution is 7.07. The average Bonchev–Trinajstić information content (AvgIpc) is 2.72. The molecule has 0 aliphatic rings. The number of rotatable bonds is 4. The molecule has 0 saturated heterocycles. The second-order valence-corrected chi connectivity index (χ2v) is 3.68. The lowest BCUT2D eigenvalue weighted by molar-refractivity contribution is 0.105. The minimum Gasteiger partial charge on any atom is -0.370 e. The van der Waals surface area contributed by atoms with Crippen LogP contribution in [0, 0.1) is 0 Å². The van der Waals surface area contributed by atoms with Gasteiger partial charge in [0.05, 0.1) is 24.4 Å². The molecule has 0 N–H and O–H groups in total. The van der Waals surface area contributed by atoms with Crippen LogP contribution in [0.25, 0.3) is 0 Å². The third-order valence-electron chi connectivity index (χ3n) is 1.84. The van der Waals surface area contributed by atoms with E-state index in [1.54, 1.807) is 11.3 Å². The fourth-order valence-electron chi connectivity index (χ4n) is 1.16. The molecular formula is C11H11NOS. The van der Waals surface area contributed by atoms with E-state index in [-0.39, 0.29) is 0 Å². The quantitative estimate of drug-likeness (QED) is 0.765. The third-order valence-corrected chi connectivity index (χ3v) is 2.48. The molecule has 2 rings (SSSR count). The molecule has 2 aromatic rings. The van der Waals surface area contributed by atoms with E-state index in [1.165, 1.54) is 5.56 Å². The van der Waals surface area contributed by atoms with Crippen LogP contribution in [-0.2, 0) is 18.0 Å². The lowest BCUT2D eigenvalue weighted by Gasteiger charge is -2.01. The minimum absolute atomic E-state index is 0.596. The molecular weight excluding hydrogens is 194 g/mol. The van der Waals surface area contributed by atoms with Crippen molar-refractivity contribution in [2.45, 2.75) is 13.2 Å². The van der Waals surface area contributed by atoms with Crippen LogP contribution >= 0.6 is 11.3 Å². The number of nitrogens with zero attached hydrogens (tertiary/aromatic N) is 1. The first-order chi connectivity index (χ1) is 6.95. The van der Waals surface area contributed by atoms with Gasteiger partial charge < -0.3 is 4.74 Å². The second-order valence-electron chi connectivity index (χ2n) is 2.96. The maximum Gasteiger partial charge on any atom is 0.0900 e. The highest BCUT2D eigenvalue weighted by Gasteiger charge is 1.95. The number of hydrogen-bond acceptors (Lipinski definition) is 3. The van der Waals surface area contributed by atoms with E-state index in [2.05, 4.69) is 17.1 Å². The Labute approximate surface area is 87.2 Å². The normalized spacial score (nSPS) is 10.3. The van der Waals surface area contributed by atoms with Crippen LogP contribution in [0.15, 0.2) is 41.2 Å². The van der Waals surface area contributed by atoms with E-state index in [1.807, 2.05) is 29.1 Å². The molecule has 0 aliphatic carbocycles. The van der Waals surface area contributed by atoms with Crippen LogP contribution in [0.2, 0.25) is 0 Å². The largest absolute Gasteiger partial charge is 0.370 e. The molecule has 0 fully saturated rings. The summed E-state index contributed by atoms with van der Waals surface area (Å²) < 4.78 is 5.51. The molecule has 0 unspecified atom stereocenters. The maximum absolute atomic E-state index is 5.51. The standard InChI is InChI=1S/C11H11NOS/c1-2-4-10(5-3-1)6-13-7-11-8-14-9-12-11/h1-5,8-9H,6-7H2. The third kappa shape index (κ3) is 2.65. The van der Waals surface area contributed by atoms with Crippen molar-refractivity contribution in [3.63, 3.8) is 0 Å². The van der Waals surface area contributed by atoms with Crippen LogP contribution in [0.3, 0.4) is 0 Å². The fraction of sp³-hybridized carbons (Fsp3) is 0.182. The van der Waals surface area contributed by atoms with Gasteiger partial charge in [-0.25, -0.2) is 4.98 Å². The Morgan fingerprint density at radius 3 is 2.71 bits per heavy atom. The molecule has 2 nitrogen and oxygen atoms in total. The molecule has 0 saturated carbocycles. The molecule has 0 aliphatic heterocycles. The highest BCUT2D eigenvalue weighted by atomic mass is 32.1. The van der Waals surface area contributed by atoms with Crippen LogP contribution in [0.5, 0.6) is 0 Å². The predicted molar refractivity (Wildman–Crippen MR) is 57.0 cm³/mol. The molecule has 72 valence electrons. The zero-order valence-corrected chi connectivity index (χ0v) is 8.54. The van der Waals surface area contributed by atoms with Crippen molar-refractivity contribution in [2.75, 3.05) is 0 Å². The lowest BCUT2D eigenvalue weighted by atomic mass is 10.2. The second kappa shape index (κ2) is 4.88. The molecule has 0 bridgehead atoms. The number of benzene rings is 1. The summed E-state index contributed by atoms with van der Waals surface area (Å²) in [4.78, 5) is 4.14. The van der Waals surface area contributed by atoms with Gasteiger partial charge in [0.1, 0.15) is 0 Å². The Bertz CT molecular complexity index is 358. The van der Waals surface area contributed by atoms with E-state index < -0.39 is 0 Å². The van der Waals surface area contributed by atoms with E-state index in [4.69, 9.17) is 4.74 Å². The number of aromatic nitrogens is 1. The summed E-state index contributed by atoms with van der Waals surface area (Å²) >= 11 is 1.59. The van der Waals surface area contributed by atoms with Crippen LogP contribution in [0.4, 0.5) is 0 Å². The summed E-state index contributed by atoms with van der Waals surface area (Å²) in [5.41, 5.74) is 4.02. The number of thiazole rings is 1. The SMILES string of the molecule is c1ccc(COCc2cscn2)cc1. The van der Waals surface area contributed by atoms with Crippen molar-refractivity contribution in [3.05, 3.63) is 52.5 Å². The molecule has 0 amide bonds. The maximum atomic E-state index is 5.51. The fourth-order valence-corrected chi connectivity index (χ4v) is 1.70. The molecule has 0 radical (unpaired) electrons. The first-order valence-electron chi connectivity index (χ1n) is 4.44. The Hall–Kier alpha value is -1.19.